The fraction of sp³-hybridized carbons (Fsp3) is 0.692. The van der Waals surface area contributed by atoms with Crippen LogP contribution in [0.4, 0.5) is 5.95 Å². The molecule has 18 heavy (non-hydrogen) atoms. The molecular formula is C13H22N4S. The normalized spacial score (nSPS) is 17.7. The van der Waals surface area contributed by atoms with Gasteiger partial charge < -0.3 is 9.80 Å². The molecule has 1 aromatic heterocycles. The van der Waals surface area contributed by atoms with Crippen molar-refractivity contribution < 1.29 is 0 Å². The van der Waals surface area contributed by atoms with Crippen LogP contribution in [-0.4, -0.2) is 59.6 Å². The van der Waals surface area contributed by atoms with Crippen LogP contribution in [0, 0.1) is 0 Å². The van der Waals surface area contributed by atoms with Gasteiger partial charge in [0.05, 0.1) is 0 Å². The molecule has 2 rings (SSSR count). The summed E-state index contributed by atoms with van der Waals surface area (Å²) in [7, 11) is 0. The van der Waals surface area contributed by atoms with Crippen molar-refractivity contribution in [1.29, 1.82) is 0 Å². The van der Waals surface area contributed by atoms with E-state index < -0.39 is 0 Å². The fourth-order valence-corrected chi connectivity index (χ4v) is 2.70. The van der Waals surface area contributed by atoms with Gasteiger partial charge in [-0.2, -0.15) is 11.8 Å². The zero-order valence-electron chi connectivity index (χ0n) is 11.1. The molecule has 1 aliphatic rings. The Bertz CT molecular complexity index is 333. The molecule has 1 aliphatic heterocycles. The van der Waals surface area contributed by atoms with Crippen molar-refractivity contribution in [1.82, 2.24) is 14.9 Å². The quantitative estimate of drug-likeness (QED) is 0.758. The Kier molecular flexibility index (Phi) is 5.74. The molecule has 0 N–H and O–H groups in total. The smallest absolute Gasteiger partial charge is 0.225 e. The minimum Gasteiger partial charge on any atom is -0.339 e. The molecule has 0 radical (unpaired) electrons. The maximum Gasteiger partial charge on any atom is 0.225 e. The highest BCUT2D eigenvalue weighted by Gasteiger charge is 2.15. The number of thioether (sulfide) groups is 1. The number of anilines is 1. The van der Waals surface area contributed by atoms with E-state index in [-0.39, 0.29) is 0 Å². The van der Waals surface area contributed by atoms with E-state index >= 15 is 0 Å². The van der Waals surface area contributed by atoms with Crippen LogP contribution in [0.1, 0.15) is 12.8 Å². The second-order valence-corrected chi connectivity index (χ2v) is 5.56. The van der Waals surface area contributed by atoms with Crippen LogP contribution in [0.5, 0.6) is 0 Å². The van der Waals surface area contributed by atoms with Crippen molar-refractivity contribution in [2.24, 2.45) is 0 Å². The molecule has 0 saturated carbocycles. The first kappa shape index (κ1) is 13.6. The Balaban J connectivity index is 1.81. The molecule has 0 unspecified atom stereocenters. The minimum atomic E-state index is 0.878. The lowest BCUT2D eigenvalue weighted by atomic mass is 10.3. The number of hydrogen-bond acceptors (Lipinski definition) is 5. The van der Waals surface area contributed by atoms with Crippen LogP contribution in [0.15, 0.2) is 18.5 Å². The van der Waals surface area contributed by atoms with E-state index in [1.165, 1.54) is 31.7 Å². The van der Waals surface area contributed by atoms with Gasteiger partial charge >= 0.3 is 0 Å². The lowest BCUT2D eigenvalue weighted by Crippen LogP contribution is -2.32. The Morgan fingerprint density at radius 2 is 2.00 bits per heavy atom. The van der Waals surface area contributed by atoms with Crippen LogP contribution in [0.25, 0.3) is 0 Å². The Hall–Kier alpha value is -0.810. The average molecular weight is 266 g/mol. The first-order valence-corrected chi connectivity index (χ1v) is 8.03. The molecule has 0 atom stereocenters. The van der Waals surface area contributed by atoms with Crippen molar-refractivity contribution in [3.8, 4) is 0 Å². The maximum atomic E-state index is 4.34. The molecule has 0 amide bonds. The number of rotatable bonds is 5. The number of nitrogens with zero attached hydrogens (tertiary/aromatic N) is 4. The van der Waals surface area contributed by atoms with Crippen LogP contribution in [-0.2, 0) is 0 Å². The predicted octanol–water partition coefficient (Wildman–Crippen LogP) is 1.74. The predicted molar refractivity (Wildman–Crippen MR) is 78.3 cm³/mol. The maximum absolute atomic E-state index is 4.34. The molecule has 1 fully saturated rings. The molecular weight excluding hydrogens is 244 g/mol. The Morgan fingerprint density at radius 1 is 1.17 bits per heavy atom. The Labute approximate surface area is 114 Å². The van der Waals surface area contributed by atoms with Crippen LogP contribution >= 0.6 is 11.8 Å². The lowest BCUT2D eigenvalue weighted by molar-refractivity contribution is 0.295. The van der Waals surface area contributed by atoms with E-state index in [4.69, 9.17) is 0 Å². The molecule has 100 valence electrons. The highest BCUT2D eigenvalue weighted by molar-refractivity contribution is 7.98. The van der Waals surface area contributed by atoms with Crippen molar-refractivity contribution >= 4 is 17.7 Å². The minimum absolute atomic E-state index is 0.878. The van der Waals surface area contributed by atoms with Gasteiger partial charge in [-0.1, -0.05) is 0 Å². The molecule has 0 spiro atoms. The van der Waals surface area contributed by atoms with Gasteiger partial charge in [-0.25, -0.2) is 9.97 Å². The fourth-order valence-electron chi connectivity index (χ4n) is 2.28. The summed E-state index contributed by atoms with van der Waals surface area (Å²) in [5.74, 6) is 2.14. The van der Waals surface area contributed by atoms with Crippen molar-refractivity contribution in [3.63, 3.8) is 0 Å². The summed E-state index contributed by atoms with van der Waals surface area (Å²) >= 11 is 1.94. The van der Waals surface area contributed by atoms with Crippen LogP contribution in [0.2, 0.25) is 0 Å². The number of hydrogen-bond donors (Lipinski definition) is 0. The molecule has 1 aromatic rings. The van der Waals surface area contributed by atoms with Gasteiger partial charge in [0.2, 0.25) is 5.95 Å². The average Bonchev–Trinajstić information content (AvgIpc) is 2.66. The van der Waals surface area contributed by atoms with Gasteiger partial charge in [0.1, 0.15) is 0 Å². The monoisotopic (exact) mass is 266 g/mol. The summed E-state index contributed by atoms with van der Waals surface area (Å²) in [6.07, 6.45) is 8.32. The molecule has 4 nitrogen and oxygen atoms in total. The van der Waals surface area contributed by atoms with Gasteiger partial charge in [-0.15, -0.1) is 0 Å². The lowest BCUT2D eigenvalue weighted by Gasteiger charge is -2.21. The SMILES string of the molecule is CSCCCN1CCCN(c2ncccn2)CC1. The summed E-state index contributed by atoms with van der Waals surface area (Å²) in [6, 6.07) is 1.87. The topological polar surface area (TPSA) is 32.3 Å². The summed E-state index contributed by atoms with van der Waals surface area (Å²) < 4.78 is 0. The highest BCUT2D eigenvalue weighted by Crippen LogP contribution is 2.10. The summed E-state index contributed by atoms with van der Waals surface area (Å²) in [6.45, 7) is 5.68. The van der Waals surface area contributed by atoms with Crippen LogP contribution < -0.4 is 4.90 Å². The zero-order chi connectivity index (χ0) is 12.6. The third-order valence-corrected chi connectivity index (χ3v) is 3.94. The highest BCUT2D eigenvalue weighted by atomic mass is 32.2. The van der Waals surface area contributed by atoms with E-state index in [0.717, 1.165) is 25.6 Å². The molecule has 0 aromatic carbocycles. The zero-order valence-corrected chi connectivity index (χ0v) is 11.9. The second-order valence-electron chi connectivity index (χ2n) is 4.58. The van der Waals surface area contributed by atoms with Crippen molar-refractivity contribution in [3.05, 3.63) is 18.5 Å². The van der Waals surface area contributed by atoms with Crippen molar-refractivity contribution in [2.75, 3.05) is 49.6 Å². The third kappa shape index (κ3) is 4.14. The number of aromatic nitrogens is 2. The molecule has 5 heteroatoms. The van der Waals surface area contributed by atoms with Gasteiger partial charge in [-0.05, 0) is 44.0 Å². The summed E-state index contributed by atoms with van der Waals surface area (Å²) in [5.41, 5.74) is 0. The second kappa shape index (κ2) is 7.59. The van der Waals surface area contributed by atoms with Gasteiger partial charge in [-0.3, -0.25) is 0 Å². The van der Waals surface area contributed by atoms with E-state index in [9.17, 15) is 0 Å². The molecule has 1 saturated heterocycles. The van der Waals surface area contributed by atoms with Crippen LogP contribution in [0.3, 0.4) is 0 Å². The van der Waals surface area contributed by atoms with E-state index in [2.05, 4.69) is 26.0 Å². The van der Waals surface area contributed by atoms with Gasteiger partial charge in [0.15, 0.2) is 0 Å². The summed E-state index contributed by atoms with van der Waals surface area (Å²) in [4.78, 5) is 13.5. The standard InChI is InChI=1S/C13H22N4S/c1-18-12-4-8-16-7-3-9-17(11-10-16)13-14-5-2-6-15-13/h2,5-6H,3-4,7-12H2,1H3. The third-order valence-electron chi connectivity index (χ3n) is 3.25. The summed E-state index contributed by atoms with van der Waals surface area (Å²) in [5, 5.41) is 0. The molecule has 0 bridgehead atoms. The van der Waals surface area contributed by atoms with E-state index in [0.29, 0.717) is 0 Å². The first-order valence-electron chi connectivity index (χ1n) is 6.63. The Morgan fingerprint density at radius 3 is 2.78 bits per heavy atom. The van der Waals surface area contributed by atoms with Gasteiger partial charge in [0, 0.05) is 32.0 Å². The van der Waals surface area contributed by atoms with E-state index in [1.54, 1.807) is 0 Å². The largest absolute Gasteiger partial charge is 0.339 e. The first-order chi connectivity index (χ1) is 8.90. The molecule has 0 aliphatic carbocycles. The van der Waals surface area contributed by atoms with E-state index in [1.807, 2.05) is 30.2 Å². The van der Waals surface area contributed by atoms with Gasteiger partial charge in [0.25, 0.3) is 0 Å². The van der Waals surface area contributed by atoms with Crippen molar-refractivity contribution in [2.45, 2.75) is 12.8 Å². The molecule has 2 heterocycles.